The SMILES string of the molecule is CCCn1c(=O)c2[nH]c(-c3ccc(OC(c4ccc(C(F)(F)F)cc4)C4CNC(=O)C4)cc3)nc2n(CCC)c1=O. The molecule has 5 rings (SSSR count). The smallest absolute Gasteiger partial charge is 0.416 e. The first kappa shape index (κ1) is 28.2. The standard InChI is InChI=1S/C29H30F3N5O4/c1-3-13-36-26-23(27(39)37(14-4-2)28(36)40)34-25(35-26)18-7-11-21(12-8-18)41-24(19-15-22(38)33-16-19)17-5-9-20(10-6-17)29(30,31)32/h5-12,19,24H,3-4,13-16H2,1-2H3,(H,33,38)(H,34,35). The molecule has 0 spiro atoms. The Labute approximate surface area is 233 Å². The van der Waals surface area contributed by atoms with Gasteiger partial charge in [-0.05, 0) is 54.8 Å². The summed E-state index contributed by atoms with van der Waals surface area (Å²) in [6.07, 6.45) is -3.60. The Morgan fingerprint density at radius 2 is 1.63 bits per heavy atom. The summed E-state index contributed by atoms with van der Waals surface area (Å²) in [5, 5.41) is 2.76. The van der Waals surface area contributed by atoms with Crippen molar-refractivity contribution in [2.24, 2.45) is 5.92 Å². The minimum Gasteiger partial charge on any atom is -0.485 e. The van der Waals surface area contributed by atoms with Gasteiger partial charge in [0.15, 0.2) is 5.65 Å². The number of H-pyrrole nitrogens is 1. The van der Waals surface area contributed by atoms with E-state index >= 15 is 0 Å². The van der Waals surface area contributed by atoms with Gasteiger partial charge in [0.05, 0.1) is 5.56 Å². The van der Waals surface area contributed by atoms with Crippen molar-refractivity contribution < 1.29 is 22.7 Å². The van der Waals surface area contributed by atoms with Gasteiger partial charge in [0.2, 0.25) is 5.91 Å². The first-order chi connectivity index (χ1) is 19.6. The number of halogens is 3. The van der Waals surface area contributed by atoms with Crippen LogP contribution in [-0.2, 0) is 24.1 Å². The first-order valence-corrected chi connectivity index (χ1v) is 13.5. The van der Waals surface area contributed by atoms with E-state index in [9.17, 15) is 27.6 Å². The van der Waals surface area contributed by atoms with Crippen LogP contribution in [0.4, 0.5) is 13.2 Å². The van der Waals surface area contributed by atoms with Crippen molar-refractivity contribution >= 4 is 17.1 Å². The molecule has 2 atom stereocenters. The highest BCUT2D eigenvalue weighted by molar-refractivity contribution is 5.78. The summed E-state index contributed by atoms with van der Waals surface area (Å²) in [5.74, 6) is 0.444. The number of alkyl halides is 3. The molecule has 2 aromatic heterocycles. The molecule has 1 saturated heterocycles. The Balaban J connectivity index is 1.45. The van der Waals surface area contributed by atoms with Gasteiger partial charge >= 0.3 is 11.9 Å². The van der Waals surface area contributed by atoms with Gasteiger partial charge < -0.3 is 15.0 Å². The topological polar surface area (TPSA) is 111 Å². The van der Waals surface area contributed by atoms with Crippen LogP contribution in [0, 0.1) is 5.92 Å². The second kappa shape index (κ2) is 11.3. The lowest BCUT2D eigenvalue weighted by molar-refractivity contribution is -0.137. The highest BCUT2D eigenvalue weighted by Gasteiger charge is 2.34. The Kier molecular flexibility index (Phi) is 7.74. The normalized spacial score (nSPS) is 16.2. The number of nitrogens with one attached hydrogen (secondary N) is 2. The number of carbonyl (C=O) groups is 1. The molecule has 2 N–H and O–H groups in total. The van der Waals surface area contributed by atoms with Gasteiger partial charge in [0.1, 0.15) is 23.2 Å². The van der Waals surface area contributed by atoms with E-state index in [-0.39, 0.29) is 29.5 Å². The molecule has 0 aliphatic carbocycles. The maximum Gasteiger partial charge on any atom is 0.416 e. The van der Waals surface area contributed by atoms with Crippen molar-refractivity contribution in [1.82, 2.24) is 24.4 Å². The number of fused-ring (bicyclic) bond motifs is 1. The Morgan fingerprint density at radius 3 is 2.22 bits per heavy atom. The fourth-order valence-electron chi connectivity index (χ4n) is 5.13. The number of aromatic amines is 1. The fourth-order valence-corrected chi connectivity index (χ4v) is 5.13. The summed E-state index contributed by atoms with van der Waals surface area (Å²) in [6.45, 7) is 4.90. The lowest BCUT2D eigenvalue weighted by atomic mass is 9.94. The average Bonchev–Trinajstić information content (AvgIpc) is 3.59. The number of aryl methyl sites for hydroxylation is 1. The van der Waals surface area contributed by atoms with E-state index in [1.54, 1.807) is 24.3 Å². The number of imidazole rings is 1. The van der Waals surface area contributed by atoms with Gasteiger partial charge in [-0.1, -0.05) is 26.0 Å². The molecule has 4 aromatic rings. The van der Waals surface area contributed by atoms with Gasteiger partial charge in [-0.3, -0.25) is 18.7 Å². The summed E-state index contributed by atoms with van der Waals surface area (Å²) in [7, 11) is 0. The minimum atomic E-state index is -4.46. The van der Waals surface area contributed by atoms with Crippen molar-refractivity contribution in [2.45, 2.75) is 58.5 Å². The van der Waals surface area contributed by atoms with Crippen molar-refractivity contribution in [2.75, 3.05) is 6.54 Å². The average molecular weight is 570 g/mol. The van der Waals surface area contributed by atoms with Crippen LogP contribution in [0.15, 0.2) is 58.1 Å². The van der Waals surface area contributed by atoms with Gasteiger partial charge in [-0.25, -0.2) is 9.78 Å². The highest BCUT2D eigenvalue weighted by Crippen LogP contribution is 2.35. The van der Waals surface area contributed by atoms with Crippen molar-refractivity contribution in [1.29, 1.82) is 0 Å². The van der Waals surface area contributed by atoms with E-state index in [1.165, 1.54) is 21.3 Å². The summed E-state index contributed by atoms with van der Waals surface area (Å²) < 4.78 is 48.2. The van der Waals surface area contributed by atoms with Gasteiger partial charge in [-0.15, -0.1) is 0 Å². The quantitative estimate of drug-likeness (QED) is 0.305. The van der Waals surface area contributed by atoms with Crippen LogP contribution in [0.25, 0.3) is 22.6 Å². The van der Waals surface area contributed by atoms with E-state index in [0.717, 1.165) is 12.1 Å². The molecule has 0 saturated carbocycles. The van der Waals surface area contributed by atoms with E-state index in [4.69, 9.17) is 4.74 Å². The minimum absolute atomic E-state index is 0.143. The number of benzene rings is 2. The monoisotopic (exact) mass is 569 g/mol. The molecule has 1 fully saturated rings. The zero-order valence-corrected chi connectivity index (χ0v) is 22.6. The lowest BCUT2D eigenvalue weighted by Crippen LogP contribution is -2.40. The zero-order valence-electron chi connectivity index (χ0n) is 22.6. The number of nitrogens with zero attached hydrogens (tertiary/aromatic N) is 3. The summed E-state index contributed by atoms with van der Waals surface area (Å²) in [4.78, 5) is 45.6. The zero-order chi connectivity index (χ0) is 29.3. The number of hydrogen-bond donors (Lipinski definition) is 2. The Bertz CT molecular complexity index is 1670. The maximum atomic E-state index is 13.1. The number of amides is 1. The molecule has 9 nitrogen and oxygen atoms in total. The molecular formula is C29H30F3N5O4. The van der Waals surface area contributed by atoms with Crippen LogP contribution < -0.4 is 21.3 Å². The third-order valence-electron chi connectivity index (χ3n) is 7.15. The number of hydrogen-bond acceptors (Lipinski definition) is 5. The first-order valence-electron chi connectivity index (χ1n) is 13.5. The third-order valence-corrected chi connectivity index (χ3v) is 7.15. The van der Waals surface area contributed by atoms with E-state index in [1.807, 2.05) is 13.8 Å². The molecule has 1 aliphatic heterocycles. The molecule has 1 aliphatic rings. The predicted octanol–water partition coefficient (Wildman–Crippen LogP) is 4.65. The van der Waals surface area contributed by atoms with E-state index in [2.05, 4.69) is 15.3 Å². The molecule has 2 aromatic carbocycles. The van der Waals surface area contributed by atoms with Crippen LogP contribution in [0.3, 0.4) is 0 Å². The molecule has 216 valence electrons. The van der Waals surface area contributed by atoms with Crippen molar-refractivity contribution in [3.8, 4) is 17.1 Å². The van der Waals surface area contributed by atoms with Gasteiger partial charge in [0.25, 0.3) is 5.56 Å². The molecule has 41 heavy (non-hydrogen) atoms. The van der Waals surface area contributed by atoms with E-state index in [0.29, 0.717) is 60.8 Å². The number of carbonyl (C=O) groups excluding carboxylic acids is 1. The number of ether oxygens (including phenoxy) is 1. The Morgan fingerprint density at radius 1 is 0.976 bits per heavy atom. The molecule has 0 bridgehead atoms. The predicted molar refractivity (Wildman–Crippen MR) is 147 cm³/mol. The van der Waals surface area contributed by atoms with Crippen LogP contribution >= 0.6 is 0 Å². The highest BCUT2D eigenvalue weighted by atomic mass is 19.4. The largest absolute Gasteiger partial charge is 0.485 e. The maximum absolute atomic E-state index is 13.1. The van der Waals surface area contributed by atoms with Crippen LogP contribution in [-0.4, -0.2) is 31.6 Å². The summed E-state index contributed by atoms with van der Waals surface area (Å²) >= 11 is 0. The third kappa shape index (κ3) is 5.63. The van der Waals surface area contributed by atoms with Crippen LogP contribution in [0.2, 0.25) is 0 Å². The molecule has 1 amide bonds. The second-order valence-corrected chi connectivity index (χ2v) is 10.1. The molecule has 12 heteroatoms. The number of rotatable bonds is 9. The molecule has 3 heterocycles. The summed E-state index contributed by atoms with van der Waals surface area (Å²) in [6, 6.07) is 11.6. The lowest BCUT2D eigenvalue weighted by Gasteiger charge is -2.25. The van der Waals surface area contributed by atoms with Gasteiger partial charge in [-0.2, -0.15) is 13.2 Å². The van der Waals surface area contributed by atoms with Crippen molar-refractivity contribution in [3.63, 3.8) is 0 Å². The summed E-state index contributed by atoms with van der Waals surface area (Å²) in [5.41, 5.74) is 0.154. The van der Waals surface area contributed by atoms with E-state index < -0.39 is 23.4 Å². The molecular weight excluding hydrogens is 539 g/mol. The Hall–Kier alpha value is -4.35. The van der Waals surface area contributed by atoms with Crippen LogP contribution in [0.1, 0.15) is 50.3 Å². The molecule has 0 radical (unpaired) electrons. The number of aromatic nitrogens is 4. The van der Waals surface area contributed by atoms with Crippen LogP contribution in [0.5, 0.6) is 5.75 Å². The second-order valence-electron chi connectivity index (χ2n) is 10.1. The fraction of sp³-hybridized carbons (Fsp3) is 0.379. The molecule has 2 unspecified atom stereocenters. The van der Waals surface area contributed by atoms with Gasteiger partial charge in [0, 0.05) is 37.5 Å². The van der Waals surface area contributed by atoms with Crippen molar-refractivity contribution in [3.05, 3.63) is 80.5 Å².